The molecule has 4 aromatic rings. The van der Waals surface area contributed by atoms with E-state index in [9.17, 15) is 17.6 Å². The van der Waals surface area contributed by atoms with E-state index in [0.29, 0.717) is 11.1 Å². The maximum atomic E-state index is 15.4. The van der Waals surface area contributed by atoms with E-state index in [1.54, 1.807) is 0 Å². The number of rotatable bonds is 3. The largest absolute Gasteiger partial charge is 0.433 e. The second kappa shape index (κ2) is 7.54. The van der Waals surface area contributed by atoms with Crippen molar-refractivity contribution in [1.82, 2.24) is 15.0 Å². The number of hydrogen-bond donors (Lipinski definition) is 0. The van der Waals surface area contributed by atoms with Crippen LogP contribution in [0.25, 0.3) is 11.1 Å². The molecule has 0 aliphatic carbocycles. The number of halogens is 5. The van der Waals surface area contributed by atoms with Crippen LogP contribution in [0.4, 0.5) is 22.0 Å². The van der Waals surface area contributed by atoms with E-state index in [4.69, 9.17) is 0 Å². The summed E-state index contributed by atoms with van der Waals surface area (Å²) in [4.78, 5) is 15.7. The second-order valence-electron chi connectivity index (χ2n) is 7.42. The Balaban J connectivity index is 1.83. The van der Waals surface area contributed by atoms with Crippen molar-refractivity contribution < 1.29 is 22.0 Å². The van der Waals surface area contributed by atoms with Crippen LogP contribution >= 0.6 is 0 Å². The van der Waals surface area contributed by atoms with Crippen molar-refractivity contribution in [3.8, 4) is 11.1 Å². The van der Waals surface area contributed by atoms with Crippen LogP contribution in [0.1, 0.15) is 27.9 Å². The van der Waals surface area contributed by atoms with Crippen LogP contribution in [-0.2, 0) is 11.7 Å². The molecule has 5 rings (SSSR count). The number of aliphatic imine (C=N–C) groups is 1. The maximum Gasteiger partial charge on any atom is 0.433 e. The standard InChI is InChI=1S/C24H13F5N4/c25-20-3-1-2-18-17(20)12-33-23(18,16-6-7-32-22(9-16)24(27,28)29)19-8-14(4-5-21(19)26)15-10-30-13-31-11-15/h1-13H. The fraction of sp³-hybridized carbons (Fsp3) is 0.0833. The number of hydrogen-bond acceptors (Lipinski definition) is 4. The van der Waals surface area contributed by atoms with Gasteiger partial charge in [-0.2, -0.15) is 13.2 Å². The molecular weight excluding hydrogens is 439 g/mol. The molecule has 0 spiro atoms. The van der Waals surface area contributed by atoms with Crippen LogP contribution in [0, 0.1) is 11.6 Å². The molecule has 0 amide bonds. The number of fused-ring (bicyclic) bond motifs is 1. The first-order valence-corrected chi connectivity index (χ1v) is 9.74. The Kier molecular flexibility index (Phi) is 4.77. The van der Waals surface area contributed by atoms with Gasteiger partial charge in [0, 0.05) is 47.1 Å². The van der Waals surface area contributed by atoms with Gasteiger partial charge in [0.15, 0.2) is 0 Å². The zero-order valence-corrected chi connectivity index (χ0v) is 16.7. The molecule has 1 atom stereocenters. The van der Waals surface area contributed by atoms with Gasteiger partial charge in [0.25, 0.3) is 0 Å². The van der Waals surface area contributed by atoms with Gasteiger partial charge in [0.05, 0.1) is 0 Å². The maximum absolute atomic E-state index is 15.4. The van der Waals surface area contributed by atoms with E-state index in [0.717, 1.165) is 12.3 Å². The highest BCUT2D eigenvalue weighted by molar-refractivity contribution is 5.89. The van der Waals surface area contributed by atoms with Crippen molar-refractivity contribution in [2.75, 3.05) is 0 Å². The molecule has 9 heteroatoms. The third kappa shape index (κ3) is 3.36. The summed E-state index contributed by atoms with van der Waals surface area (Å²) in [5.41, 5.74) is -1.55. The van der Waals surface area contributed by atoms with E-state index >= 15 is 4.39 Å². The Bertz CT molecular complexity index is 1390. The number of nitrogens with zero attached hydrogens (tertiary/aromatic N) is 4. The molecule has 0 radical (unpaired) electrons. The fourth-order valence-corrected chi connectivity index (χ4v) is 4.06. The van der Waals surface area contributed by atoms with Gasteiger partial charge in [-0.3, -0.25) is 9.98 Å². The van der Waals surface area contributed by atoms with Crippen LogP contribution in [0.2, 0.25) is 0 Å². The molecule has 4 nitrogen and oxygen atoms in total. The summed E-state index contributed by atoms with van der Waals surface area (Å²) in [5, 5.41) is 0. The third-order valence-electron chi connectivity index (χ3n) is 5.55. The number of aromatic nitrogens is 3. The number of pyridine rings is 1. The van der Waals surface area contributed by atoms with Crippen LogP contribution in [-0.4, -0.2) is 21.2 Å². The second-order valence-corrected chi connectivity index (χ2v) is 7.42. The van der Waals surface area contributed by atoms with Crippen molar-refractivity contribution in [2.45, 2.75) is 11.7 Å². The van der Waals surface area contributed by atoms with Crippen molar-refractivity contribution in [2.24, 2.45) is 4.99 Å². The van der Waals surface area contributed by atoms with E-state index in [2.05, 4.69) is 19.9 Å². The minimum absolute atomic E-state index is 0.00536. The smallest absolute Gasteiger partial charge is 0.271 e. The SMILES string of the molecule is Fc1ccc(-c2cncnc2)cc1C1(c2ccnc(C(F)(F)F)c2)N=Cc2c(F)cccc21. The van der Waals surface area contributed by atoms with Crippen molar-refractivity contribution >= 4 is 6.21 Å². The van der Waals surface area contributed by atoms with Gasteiger partial charge in [0.2, 0.25) is 0 Å². The first-order chi connectivity index (χ1) is 15.8. The topological polar surface area (TPSA) is 51.0 Å². The van der Waals surface area contributed by atoms with Crippen LogP contribution in [0.15, 0.2) is 78.4 Å². The minimum atomic E-state index is -4.73. The van der Waals surface area contributed by atoms with E-state index in [1.165, 1.54) is 67.4 Å². The van der Waals surface area contributed by atoms with Gasteiger partial charge >= 0.3 is 6.18 Å². The summed E-state index contributed by atoms with van der Waals surface area (Å²) in [5.74, 6) is -1.33. The summed E-state index contributed by atoms with van der Waals surface area (Å²) < 4.78 is 70.3. The summed E-state index contributed by atoms with van der Waals surface area (Å²) in [6, 6.07) is 10.5. The zero-order chi connectivity index (χ0) is 23.2. The summed E-state index contributed by atoms with van der Waals surface area (Å²) in [7, 11) is 0. The lowest BCUT2D eigenvalue weighted by Crippen LogP contribution is -2.27. The van der Waals surface area contributed by atoms with Crippen LogP contribution in [0.5, 0.6) is 0 Å². The molecular formula is C24H13F5N4. The molecule has 2 aromatic heterocycles. The predicted molar refractivity (Wildman–Crippen MR) is 111 cm³/mol. The van der Waals surface area contributed by atoms with Gasteiger partial charge in [-0.1, -0.05) is 18.2 Å². The highest BCUT2D eigenvalue weighted by Gasteiger charge is 2.45. The summed E-state index contributed by atoms with van der Waals surface area (Å²) >= 11 is 0. The predicted octanol–water partition coefficient (Wildman–Crippen LogP) is 5.56. The Labute approximate surface area is 184 Å². The van der Waals surface area contributed by atoms with E-state index in [1.807, 2.05) is 0 Å². The monoisotopic (exact) mass is 452 g/mol. The molecule has 0 bridgehead atoms. The van der Waals surface area contributed by atoms with Crippen molar-refractivity contribution in [3.63, 3.8) is 0 Å². The lowest BCUT2D eigenvalue weighted by atomic mass is 9.76. The van der Waals surface area contributed by atoms with Gasteiger partial charge in [-0.15, -0.1) is 0 Å². The Morgan fingerprint density at radius 1 is 0.788 bits per heavy atom. The molecule has 0 saturated carbocycles. The highest BCUT2D eigenvalue weighted by atomic mass is 19.4. The quantitative estimate of drug-likeness (QED) is 0.383. The summed E-state index contributed by atoms with van der Waals surface area (Å²) in [6.07, 6.45) is 1.86. The molecule has 1 unspecified atom stereocenters. The van der Waals surface area contributed by atoms with Gasteiger partial charge < -0.3 is 0 Å². The molecule has 164 valence electrons. The number of benzene rings is 2. The molecule has 3 heterocycles. The molecule has 1 aliphatic heterocycles. The lowest BCUT2D eigenvalue weighted by molar-refractivity contribution is -0.141. The molecule has 0 N–H and O–H groups in total. The molecule has 0 saturated heterocycles. The molecule has 33 heavy (non-hydrogen) atoms. The fourth-order valence-electron chi connectivity index (χ4n) is 4.06. The third-order valence-corrected chi connectivity index (χ3v) is 5.55. The molecule has 2 aromatic carbocycles. The Morgan fingerprint density at radius 2 is 1.58 bits per heavy atom. The summed E-state index contributed by atoms with van der Waals surface area (Å²) in [6.45, 7) is 0. The minimum Gasteiger partial charge on any atom is -0.271 e. The van der Waals surface area contributed by atoms with E-state index in [-0.39, 0.29) is 22.3 Å². The first-order valence-electron chi connectivity index (χ1n) is 9.74. The first kappa shape index (κ1) is 20.9. The normalized spacial score (nSPS) is 17.2. The van der Waals surface area contributed by atoms with Crippen LogP contribution < -0.4 is 0 Å². The highest BCUT2D eigenvalue weighted by Crippen LogP contribution is 2.47. The Morgan fingerprint density at radius 3 is 2.33 bits per heavy atom. The van der Waals surface area contributed by atoms with Crippen LogP contribution in [0.3, 0.4) is 0 Å². The van der Waals surface area contributed by atoms with Gasteiger partial charge in [0.1, 0.15) is 29.2 Å². The Hall–Kier alpha value is -4.01. The van der Waals surface area contributed by atoms with Crippen molar-refractivity contribution in [1.29, 1.82) is 0 Å². The van der Waals surface area contributed by atoms with E-state index < -0.39 is 29.0 Å². The lowest BCUT2D eigenvalue weighted by Gasteiger charge is -2.30. The zero-order valence-electron chi connectivity index (χ0n) is 16.7. The molecule has 0 fully saturated rings. The van der Waals surface area contributed by atoms with Gasteiger partial charge in [-0.25, -0.2) is 18.7 Å². The average Bonchev–Trinajstić information content (AvgIpc) is 3.21. The number of alkyl halides is 3. The molecule has 1 aliphatic rings. The van der Waals surface area contributed by atoms with Gasteiger partial charge in [-0.05, 0) is 41.5 Å². The van der Waals surface area contributed by atoms with Crippen molar-refractivity contribution in [3.05, 3.63) is 113 Å². The average molecular weight is 452 g/mol.